The van der Waals surface area contributed by atoms with Crippen LogP contribution in [0.15, 0.2) is 30.3 Å². The molecule has 0 aliphatic rings. The second-order valence-corrected chi connectivity index (χ2v) is 4.34. The number of rotatable bonds is 5. The molecule has 1 aromatic carbocycles. The molecule has 1 aromatic heterocycles. The molecular weight excluding hydrogens is 212 g/mol. The Bertz CT molecular complexity index is 447. The number of hydrogen-bond donors (Lipinski definition) is 2. The molecule has 1 atom stereocenters. The fourth-order valence-corrected chi connectivity index (χ4v) is 1.71. The molecule has 3 N–H and O–H groups in total. The van der Waals surface area contributed by atoms with E-state index in [1.54, 1.807) is 0 Å². The highest BCUT2D eigenvalue weighted by Gasteiger charge is 2.05. The molecule has 0 saturated heterocycles. The highest BCUT2D eigenvalue weighted by atomic mass is 15.2. The van der Waals surface area contributed by atoms with Gasteiger partial charge < -0.3 is 5.73 Å². The molecule has 0 aliphatic carbocycles. The molecule has 2 aromatic rings. The van der Waals surface area contributed by atoms with Crippen LogP contribution in [0, 0.1) is 0 Å². The van der Waals surface area contributed by atoms with Gasteiger partial charge in [-0.05, 0) is 19.8 Å². The molecular formula is C13H18N4. The lowest BCUT2D eigenvalue weighted by Gasteiger charge is -2.01. The van der Waals surface area contributed by atoms with Crippen molar-refractivity contribution in [2.75, 3.05) is 0 Å². The zero-order valence-electron chi connectivity index (χ0n) is 10.1. The van der Waals surface area contributed by atoms with Crippen LogP contribution >= 0.6 is 0 Å². The summed E-state index contributed by atoms with van der Waals surface area (Å²) in [6, 6.07) is 10.2. The van der Waals surface area contributed by atoms with Gasteiger partial charge in [0.25, 0.3) is 0 Å². The van der Waals surface area contributed by atoms with Crippen LogP contribution < -0.4 is 5.73 Å². The minimum Gasteiger partial charge on any atom is -0.328 e. The Balaban J connectivity index is 1.97. The Morgan fingerprint density at radius 3 is 2.76 bits per heavy atom. The van der Waals surface area contributed by atoms with E-state index in [9.17, 15) is 0 Å². The predicted octanol–water partition coefficient (Wildman–Crippen LogP) is 2.14. The Morgan fingerprint density at radius 2 is 2.06 bits per heavy atom. The van der Waals surface area contributed by atoms with Crippen molar-refractivity contribution in [1.82, 2.24) is 15.2 Å². The van der Waals surface area contributed by atoms with Crippen LogP contribution in [0.1, 0.15) is 25.6 Å². The van der Waals surface area contributed by atoms with Crippen LogP contribution in [0.25, 0.3) is 11.4 Å². The van der Waals surface area contributed by atoms with Crippen molar-refractivity contribution in [2.45, 2.75) is 32.2 Å². The monoisotopic (exact) mass is 230 g/mol. The lowest BCUT2D eigenvalue weighted by molar-refractivity contribution is 0.614. The van der Waals surface area contributed by atoms with E-state index < -0.39 is 0 Å². The fourth-order valence-electron chi connectivity index (χ4n) is 1.71. The Morgan fingerprint density at radius 1 is 1.29 bits per heavy atom. The summed E-state index contributed by atoms with van der Waals surface area (Å²) in [6.07, 6.45) is 2.96. The Kier molecular flexibility index (Phi) is 3.88. The van der Waals surface area contributed by atoms with Crippen LogP contribution in [0.2, 0.25) is 0 Å². The predicted molar refractivity (Wildman–Crippen MR) is 68.4 cm³/mol. The number of H-pyrrole nitrogens is 1. The minimum atomic E-state index is 0.256. The zero-order chi connectivity index (χ0) is 12.1. The Hall–Kier alpha value is -1.68. The smallest absolute Gasteiger partial charge is 0.181 e. The van der Waals surface area contributed by atoms with Crippen LogP contribution in [0.3, 0.4) is 0 Å². The van der Waals surface area contributed by atoms with E-state index in [0.29, 0.717) is 0 Å². The molecule has 1 unspecified atom stereocenters. The number of nitrogens with one attached hydrogen (secondary N) is 1. The highest BCUT2D eigenvalue weighted by molar-refractivity contribution is 5.53. The van der Waals surface area contributed by atoms with E-state index in [-0.39, 0.29) is 6.04 Å². The van der Waals surface area contributed by atoms with Crippen LogP contribution in [-0.4, -0.2) is 21.2 Å². The molecule has 0 fully saturated rings. The molecule has 0 aliphatic heterocycles. The topological polar surface area (TPSA) is 67.6 Å². The normalized spacial score (nSPS) is 12.6. The van der Waals surface area contributed by atoms with Crippen molar-refractivity contribution < 1.29 is 0 Å². The number of benzene rings is 1. The van der Waals surface area contributed by atoms with Gasteiger partial charge in [0, 0.05) is 18.0 Å². The summed E-state index contributed by atoms with van der Waals surface area (Å²) < 4.78 is 0. The maximum absolute atomic E-state index is 5.71. The number of aromatic nitrogens is 3. The van der Waals surface area contributed by atoms with Gasteiger partial charge in [0.15, 0.2) is 5.82 Å². The molecule has 90 valence electrons. The van der Waals surface area contributed by atoms with Crippen molar-refractivity contribution in [3.8, 4) is 11.4 Å². The number of hydrogen-bond acceptors (Lipinski definition) is 3. The molecule has 4 heteroatoms. The molecule has 2 rings (SSSR count). The molecule has 0 amide bonds. The summed E-state index contributed by atoms with van der Waals surface area (Å²) in [5, 5.41) is 7.19. The first-order valence-electron chi connectivity index (χ1n) is 5.98. The third kappa shape index (κ3) is 3.39. The van der Waals surface area contributed by atoms with Gasteiger partial charge in [0.05, 0.1) is 0 Å². The first kappa shape index (κ1) is 11.8. The summed E-state index contributed by atoms with van der Waals surface area (Å²) >= 11 is 0. The average molecular weight is 230 g/mol. The lowest BCUT2D eigenvalue weighted by atomic mass is 10.1. The van der Waals surface area contributed by atoms with E-state index in [4.69, 9.17) is 5.73 Å². The van der Waals surface area contributed by atoms with Crippen molar-refractivity contribution >= 4 is 0 Å². The first-order chi connectivity index (χ1) is 8.25. The lowest BCUT2D eigenvalue weighted by Crippen LogP contribution is -2.14. The molecule has 1 heterocycles. The first-order valence-corrected chi connectivity index (χ1v) is 5.98. The quantitative estimate of drug-likeness (QED) is 0.827. The molecule has 0 saturated carbocycles. The maximum Gasteiger partial charge on any atom is 0.181 e. The van der Waals surface area contributed by atoms with E-state index in [0.717, 1.165) is 36.5 Å². The molecule has 17 heavy (non-hydrogen) atoms. The summed E-state index contributed by atoms with van der Waals surface area (Å²) in [6.45, 7) is 2.02. The van der Waals surface area contributed by atoms with Crippen molar-refractivity contribution in [2.24, 2.45) is 5.73 Å². The molecule has 4 nitrogen and oxygen atoms in total. The van der Waals surface area contributed by atoms with Gasteiger partial charge in [-0.2, -0.15) is 5.10 Å². The van der Waals surface area contributed by atoms with Gasteiger partial charge in [-0.15, -0.1) is 0 Å². The van der Waals surface area contributed by atoms with E-state index >= 15 is 0 Å². The number of aromatic amines is 1. The van der Waals surface area contributed by atoms with Crippen molar-refractivity contribution in [3.63, 3.8) is 0 Å². The van der Waals surface area contributed by atoms with E-state index in [1.165, 1.54) is 0 Å². The molecule has 0 radical (unpaired) electrons. The van der Waals surface area contributed by atoms with E-state index in [1.807, 2.05) is 37.3 Å². The second-order valence-electron chi connectivity index (χ2n) is 4.34. The number of nitrogens with two attached hydrogens (primary N) is 1. The van der Waals surface area contributed by atoms with Crippen LogP contribution in [-0.2, 0) is 6.42 Å². The van der Waals surface area contributed by atoms with Crippen molar-refractivity contribution in [3.05, 3.63) is 36.2 Å². The third-order valence-electron chi connectivity index (χ3n) is 2.64. The average Bonchev–Trinajstić information content (AvgIpc) is 2.78. The molecule has 0 spiro atoms. The fraction of sp³-hybridized carbons (Fsp3) is 0.385. The van der Waals surface area contributed by atoms with Gasteiger partial charge in [-0.1, -0.05) is 30.3 Å². The number of nitrogens with zero attached hydrogens (tertiary/aromatic N) is 2. The minimum absolute atomic E-state index is 0.256. The second kappa shape index (κ2) is 5.59. The van der Waals surface area contributed by atoms with Crippen LogP contribution in [0.5, 0.6) is 0 Å². The van der Waals surface area contributed by atoms with E-state index in [2.05, 4.69) is 15.2 Å². The largest absolute Gasteiger partial charge is 0.328 e. The molecule has 0 bridgehead atoms. The highest BCUT2D eigenvalue weighted by Crippen LogP contribution is 2.14. The summed E-state index contributed by atoms with van der Waals surface area (Å²) in [5.74, 6) is 1.70. The van der Waals surface area contributed by atoms with Crippen molar-refractivity contribution in [1.29, 1.82) is 0 Å². The number of aryl methyl sites for hydroxylation is 1. The van der Waals surface area contributed by atoms with Gasteiger partial charge in [-0.3, -0.25) is 5.10 Å². The standard InChI is InChI=1S/C13H18N4/c1-10(14)6-5-9-12-15-13(17-16-12)11-7-3-2-4-8-11/h2-4,7-8,10H,5-6,9,14H2,1H3,(H,15,16,17). The maximum atomic E-state index is 5.71. The van der Waals surface area contributed by atoms with Gasteiger partial charge in [0.1, 0.15) is 5.82 Å². The third-order valence-corrected chi connectivity index (χ3v) is 2.64. The summed E-state index contributed by atoms with van der Waals surface area (Å²) in [5.41, 5.74) is 6.75. The Labute approximate surface area is 101 Å². The van der Waals surface area contributed by atoms with Gasteiger partial charge in [0.2, 0.25) is 0 Å². The SMILES string of the molecule is CC(N)CCCc1nc(-c2ccccc2)n[nH]1. The van der Waals surface area contributed by atoms with Gasteiger partial charge >= 0.3 is 0 Å². The zero-order valence-corrected chi connectivity index (χ0v) is 10.1. The summed E-state index contributed by atoms with van der Waals surface area (Å²) in [7, 11) is 0. The van der Waals surface area contributed by atoms with Gasteiger partial charge in [-0.25, -0.2) is 4.98 Å². The van der Waals surface area contributed by atoms with Crippen LogP contribution in [0.4, 0.5) is 0 Å². The summed E-state index contributed by atoms with van der Waals surface area (Å²) in [4.78, 5) is 4.47.